The summed E-state index contributed by atoms with van der Waals surface area (Å²) in [5, 5.41) is 9.36. The van der Waals surface area contributed by atoms with Gasteiger partial charge in [0, 0.05) is 12.6 Å². The van der Waals surface area contributed by atoms with Crippen LogP contribution in [0.3, 0.4) is 0 Å². The molecule has 0 unspecified atom stereocenters. The van der Waals surface area contributed by atoms with Crippen molar-refractivity contribution in [1.29, 1.82) is 0 Å². The summed E-state index contributed by atoms with van der Waals surface area (Å²) in [6.45, 7) is 3.83. The van der Waals surface area contributed by atoms with E-state index in [4.69, 9.17) is 21.4 Å². The minimum absolute atomic E-state index is 0.125. The number of aromatic carboxylic acids is 1. The summed E-state index contributed by atoms with van der Waals surface area (Å²) in [6.07, 6.45) is 0. The highest BCUT2D eigenvalue weighted by atomic mass is 35.5. The molecule has 1 atom stereocenters. The molecule has 1 saturated heterocycles. The van der Waals surface area contributed by atoms with Crippen LogP contribution >= 0.6 is 24.2 Å². The summed E-state index contributed by atoms with van der Waals surface area (Å²) in [6, 6.07) is 1.77. The molecule has 0 saturated carbocycles. The van der Waals surface area contributed by atoms with E-state index < -0.39 is 5.97 Å². The molecule has 1 aromatic heterocycles. The lowest BCUT2D eigenvalue weighted by molar-refractivity contribution is 0.0686. The Labute approximate surface area is 115 Å². The minimum atomic E-state index is -1.13. The number of carboxylic acid groups (broad SMARTS) is 1. The Balaban J connectivity index is 2.41. The highest BCUT2D eigenvalue weighted by Crippen LogP contribution is 2.28. The maximum Gasteiger partial charge on any atom is 0.355 e. The van der Waals surface area contributed by atoms with E-state index in [0.29, 0.717) is 30.6 Å². The second-order valence-electron chi connectivity index (χ2n) is 4.08. The lowest BCUT2D eigenvalue weighted by Crippen LogP contribution is -2.44. The Bertz CT molecular complexity index is 484. The number of carboxylic acids is 1. The van der Waals surface area contributed by atoms with Crippen LogP contribution in [0.1, 0.15) is 17.4 Å². The standard InChI is InChI=1S/C11H13ClN2O3S/c1-6-5-17-3-2-14(6)8-4-7(12)10(18)9(13-8)11(15)16/h4,6,18H,2-3,5H2,1H3,(H,15,16)/t6-/m1/s1. The van der Waals surface area contributed by atoms with Gasteiger partial charge in [-0.3, -0.25) is 0 Å². The lowest BCUT2D eigenvalue weighted by Gasteiger charge is -2.34. The molecule has 0 amide bonds. The maximum absolute atomic E-state index is 11.1. The van der Waals surface area contributed by atoms with E-state index in [1.54, 1.807) is 6.07 Å². The van der Waals surface area contributed by atoms with Gasteiger partial charge in [-0.2, -0.15) is 0 Å². The molecule has 0 aromatic carbocycles. The fraction of sp³-hybridized carbons (Fsp3) is 0.455. The number of anilines is 1. The predicted octanol–water partition coefficient (Wildman–Crippen LogP) is 1.95. The third-order valence-corrected chi connectivity index (χ3v) is 3.68. The molecular formula is C11H13ClN2O3S. The van der Waals surface area contributed by atoms with Crippen LogP contribution in [0, 0.1) is 0 Å². The fourth-order valence-electron chi connectivity index (χ4n) is 1.86. The molecule has 0 aliphatic carbocycles. The van der Waals surface area contributed by atoms with Gasteiger partial charge in [0.05, 0.1) is 29.2 Å². The van der Waals surface area contributed by atoms with E-state index in [1.165, 1.54) is 0 Å². The molecule has 0 radical (unpaired) electrons. The molecular weight excluding hydrogens is 276 g/mol. The first kappa shape index (κ1) is 13.5. The summed E-state index contributed by atoms with van der Waals surface area (Å²) >= 11 is 10.1. The van der Waals surface area contributed by atoms with E-state index in [1.807, 2.05) is 11.8 Å². The number of ether oxygens (including phenoxy) is 1. The lowest BCUT2D eigenvalue weighted by atomic mass is 10.2. The third-order valence-electron chi connectivity index (χ3n) is 2.80. The van der Waals surface area contributed by atoms with Crippen LogP contribution < -0.4 is 4.90 Å². The van der Waals surface area contributed by atoms with Gasteiger partial charge in [-0.25, -0.2) is 9.78 Å². The van der Waals surface area contributed by atoms with Gasteiger partial charge in [0.25, 0.3) is 0 Å². The Morgan fingerprint density at radius 1 is 1.72 bits per heavy atom. The fourth-order valence-corrected chi connectivity index (χ4v) is 2.26. The molecule has 0 spiro atoms. The molecule has 1 aliphatic heterocycles. The van der Waals surface area contributed by atoms with E-state index in [0.717, 1.165) is 0 Å². The van der Waals surface area contributed by atoms with Gasteiger partial charge in [-0.1, -0.05) is 11.6 Å². The van der Waals surface area contributed by atoms with E-state index in [2.05, 4.69) is 17.6 Å². The van der Waals surface area contributed by atoms with E-state index in [-0.39, 0.29) is 16.6 Å². The summed E-state index contributed by atoms with van der Waals surface area (Å²) < 4.78 is 5.33. The molecule has 1 N–H and O–H groups in total. The van der Waals surface area contributed by atoms with Crippen molar-refractivity contribution in [2.75, 3.05) is 24.7 Å². The first-order valence-corrected chi connectivity index (χ1v) is 6.30. The molecule has 0 bridgehead atoms. The number of morpholine rings is 1. The summed E-state index contributed by atoms with van der Waals surface area (Å²) in [5.41, 5.74) is -0.125. The number of pyridine rings is 1. The Morgan fingerprint density at radius 2 is 2.44 bits per heavy atom. The molecule has 7 heteroatoms. The summed E-state index contributed by atoms with van der Waals surface area (Å²) in [5.74, 6) is -0.587. The summed E-state index contributed by atoms with van der Waals surface area (Å²) in [4.78, 5) is 17.4. The van der Waals surface area contributed by atoms with Crippen molar-refractivity contribution < 1.29 is 14.6 Å². The van der Waals surface area contributed by atoms with Crippen LogP contribution in [0.2, 0.25) is 5.02 Å². The number of halogens is 1. The Morgan fingerprint density at radius 3 is 3.06 bits per heavy atom. The smallest absolute Gasteiger partial charge is 0.355 e. The molecule has 1 aliphatic rings. The number of aromatic nitrogens is 1. The number of thiol groups is 1. The van der Waals surface area contributed by atoms with Gasteiger partial charge in [0.15, 0.2) is 5.69 Å². The van der Waals surface area contributed by atoms with Crippen LogP contribution in [-0.4, -0.2) is 41.9 Å². The van der Waals surface area contributed by atoms with E-state index >= 15 is 0 Å². The highest BCUT2D eigenvalue weighted by Gasteiger charge is 2.23. The van der Waals surface area contributed by atoms with Crippen LogP contribution in [0.15, 0.2) is 11.0 Å². The zero-order valence-corrected chi connectivity index (χ0v) is 11.4. The van der Waals surface area contributed by atoms with Gasteiger partial charge < -0.3 is 14.7 Å². The predicted molar refractivity (Wildman–Crippen MR) is 71.1 cm³/mol. The van der Waals surface area contributed by atoms with Crippen molar-refractivity contribution in [2.24, 2.45) is 0 Å². The first-order valence-electron chi connectivity index (χ1n) is 5.48. The monoisotopic (exact) mass is 288 g/mol. The number of hydrogen-bond acceptors (Lipinski definition) is 5. The zero-order chi connectivity index (χ0) is 13.3. The van der Waals surface area contributed by atoms with E-state index in [9.17, 15) is 4.79 Å². The third kappa shape index (κ3) is 2.55. The molecule has 5 nitrogen and oxygen atoms in total. The van der Waals surface area contributed by atoms with Crippen molar-refractivity contribution in [1.82, 2.24) is 4.98 Å². The zero-order valence-electron chi connectivity index (χ0n) is 9.76. The Hall–Kier alpha value is -0.980. The van der Waals surface area contributed by atoms with Crippen molar-refractivity contribution in [2.45, 2.75) is 17.9 Å². The number of nitrogens with zero attached hydrogens (tertiary/aromatic N) is 2. The molecule has 2 rings (SSSR count). The van der Waals surface area contributed by atoms with Crippen molar-refractivity contribution >= 4 is 36.0 Å². The van der Waals surface area contributed by atoms with Crippen molar-refractivity contribution in [3.05, 3.63) is 16.8 Å². The molecule has 18 heavy (non-hydrogen) atoms. The van der Waals surface area contributed by atoms with Crippen LogP contribution in [0.25, 0.3) is 0 Å². The number of rotatable bonds is 2. The van der Waals surface area contributed by atoms with Crippen LogP contribution in [-0.2, 0) is 4.74 Å². The maximum atomic E-state index is 11.1. The van der Waals surface area contributed by atoms with Gasteiger partial charge in [-0.05, 0) is 6.92 Å². The van der Waals surface area contributed by atoms with Crippen molar-refractivity contribution in [3.8, 4) is 0 Å². The molecule has 1 fully saturated rings. The van der Waals surface area contributed by atoms with Gasteiger partial charge in [0.2, 0.25) is 0 Å². The van der Waals surface area contributed by atoms with Crippen LogP contribution in [0.5, 0.6) is 0 Å². The highest BCUT2D eigenvalue weighted by molar-refractivity contribution is 7.80. The minimum Gasteiger partial charge on any atom is -0.476 e. The topological polar surface area (TPSA) is 62.7 Å². The second kappa shape index (κ2) is 5.34. The van der Waals surface area contributed by atoms with Crippen molar-refractivity contribution in [3.63, 3.8) is 0 Å². The average Bonchev–Trinajstić information content (AvgIpc) is 2.33. The van der Waals surface area contributed by atoms with Gasteiger partial charge >= 0.3 is 5.97 Å². The first-order chi connectivity index (χ1) is 8.50. The number of hydrogen-bond donors (Lipinski definition) is 2. The average molecular weight is 289 g/mol. The normalized spacial score (nSPS) is 19.9. The molecule has 98 valence electrons. The SMILES string of the molecule is C[C@@H]1COCCN1c1cc(Cl)c(S)c(C(=O)O)n1. The van der Waals surface area contributed by atoms with Gasteiger partial charge in [-0.15, -0.1) is 12.6 Å². The second-order valence-corrected chi connectivity index (χ2v) is 4.94. The van der Waals surface area contributed by atoms with Crippen LogP contribution in [0.4, 0.5) is 5.82 Å². The van der Waals surface area contributed by atoms with Gasteiger partial charge in [0.1, 0.15) is 5.82 Å². The molecule has 1 aromatic rings. The number of carbonyl (C=O) groups is 1. The largest absolute Gasteiger partial charge is 0.476 e. The molecule has 2 heterocycles. The summed E-state index contributed by atoms with van der Waals surface area (Å²) in [7, 11) is 0. The Kier molecular flexibility index (Phi) is 3.99. The quantitative estimate of drug-likeness (QED) is 0.815.